The smallest absolute Gasteiger partial charge is 0.383 e. The van der Waals surface area contributed by atoms with Crippen LogP contribution in [0.3, 0.4) is 0 Å². The molecule has 0 saturated heterocycles. The molecule has 7 aromatic heterocycles. The number of alkyl halides is 6. The van der Waals surface area contributed by atoms with E-state index in [2.05, 4.69) is 50.3 Å². The predicted octanol–water partition coefficient (Wildman–Crippen LogP) is 7.48. The Morgan fingerprint density at radius 3 is 1.45 bits per heavy atom. The maximum absolute atomic E-state index is 12.7. The van der Waals surface area contributed by atoms with Crippen molar-refractivity contribution in [2.75, 3.05) is 11.5 Å². The van der Waals surface area contributed by atoms with Crippen molar-refractivity contribution in [1.82, 2.24) is 59.7 Å². The maximum Gasteiger partial charge on any atom is 0.433 e. The summed E-state index contributed by atoms with van der Waals surface area (Å²) in [5, 5.41) is 15.8. The lowest BCUT2D eigenvalue weighted by Crippen LogP contribution is -2.08. The van der Waals surface area contributed by atoms with Gasteiger partial charge >= 0.3 is 12.4 Å². The predicted molar refractivity (Wildman–Crippen MR) is 200 cm³/mol. The summed E-state index contributed by atoms with van der Waals surface area (Å²) in [5.41, 5.74) is 16.7. The van der Waals surface area contributed by atoms with Crippen molar-refractivity contribution in [3.05, 3.63) is 138 Å². The third-order valence-corrected chi connectivity index (χ3v) is 8.66. The Labute approximate surface area is 328 Å². The van der Waals surface area contributed by atoms with Crippen molar-refractivity contribution in [3.8, 4) is 44.8 Å². The number of aromatic nitrogens is 12. The lowest BCUT2D eigenvalue weighted by molar-refractivity contribution is -0.142. The molecule has 0 unspecified atom stereocenters. The first-order chi connectivity index (χ1) is 27.7. The molecule has 8 rings (SSSR count). The van der Waals surface area contributed by atoms with Crippen LogP contribution in [0.1, 0.15) is 22.5 Å². The highest BCUT2D eigenvalue weighted by Crippen LogP contribution is 2.35. The van der Waals surface area contributed by atoms with Crippen LogP contribution in [0, 0.1) is 0 Å². The number of nitrogens with zero attached hydrogens (tertiary/aromatic N) is 11. The first kappa shape index (κ1) is 39.0. The third-order valence-electron chi connectivity index (χ3n) is 8.41. The van der Waals surface area contributed by atoms with E-state index in [1.807, 2.05) is 12.1 Å². The average Bonchev–Trinajstić information content (AvgIpc) is 3.99. The monoisotopic (exact) mass is 816 g/mol. The summed E-state index contributed by atoms with van der Waals surface area (Å²) in [7, 11) is 0. The fraction of sp³-hybridized carbons (Fsp3) is 0.108. The van der Waals surface area contributed by atoms with Crippen LogP contribution in [0.25, 0.3) is 44.8 Å². The fourth-order valence-corrected chi connectivity index (χ4v) is 5.83. The molecule has 0 aliphatic carbocycles. The number of H-pyrrole nitrogens is 1. The molecular formula is C37H27ClF6N14. The second-order valence-corrected chi connectivity index (χ2v) is 12.8. The van der Waals surface area contributed by atoms with Gasteiger partial charge in [-0.15, -0.1) is 0 Å². The van der Waals surface area contributed by atoms with Gasteiger partial charge < -0.3 is 11.5 Å². The fourth-order valence-electron chi connectivity index (χ4n) is 5.70. The summed E-state index contributed by atoms with van der Waals surface area (Å²) in [6.07, 6.45) is 6.11. The van der Waals surface area contributed by atoms with Crippen LogP contribution in [0.5, 0.6) is 0 Å². The SMILES string of the molecule is Nc1ncnc(-c2cnn(Cc3ccc(C(F)(F)F)nc3)c2)c1-c1ccc(Cl)cc1.Nc1ncnc(-c2cnn(Cc3ccc(C(F)(F)F)nc3)c2)c1-c1cn[nH]c1. The number of anilines is 2. The number of hydrogen-bond donors (Lipinski definition) is 3. The molecule has 294 valence electrons. The normalized spacial score (nSPS) is 11.6. The standard InChI is InChI=1S/C20H14ClF3N6.C17H13F3N8/c21-15-4-2-13(3-5-15)17-18(27-11-28-19(17)25)14-8-29-30(10-14)9-12-1-6-16(26-7-12)20(22,23)24;18-17(19,20)13-2-1-10(3-22-13)7-28-8-12(6-27-28)15-14(11-4-25-26-5-11)16(21)24-9-23-15/h1-8,10-11H,9H2,(H2,25,27,28);1-6,8-9H,7H2,(H,25,26)(H2,21,23,24). The third kappa shape index (κ3) is 8.91. The molecular weight excluding hydrogens is 790 g/mol. The van der Waals surface area contributed by atoms with Crippen LogP contribution in [0.2, 0.25) is 5.02 Å². The quantitative estimate of drug-likeness (QED) is 0.129. The van der Waals surface area contributed by atoms with Gasteiger partial charge in [0, 0.05) is 52.7 Å². The zero-order valence-corrected chi connectivity index (χ0v) is 30.3. The summed E-state index contributed by atoms with van der Waals surface area (Å²) in [6.45, 7) is 0.509. The molecule has 8 aromatic rings. The van der Waals surface area contributed by atoms with Crippen LogP contribution >= 0.6 is 11.6 Å². The number of halogens is 7. The lowest BCUT2D eigenvalue weighted by Gasteiger charge is -2.10. The van der Waals surface area contributed by atoms with E-state index >= 15 is 0 Å². The van der Waals surface area contributed by atoms with E-state index in [4.69, 9.17) is 23.1 Å². The van der Waals surface area contributed by atoms with E-state index in [0.29, 0.717) is 61.4 Å². The second-order valence-electron chi connectivity index (χ2n) is 12.4. The van der Waals surface area contributed by atoms with Gasteiger partial charge in [0.1, 0.15) is 35.7 Å². The Morgan fingerprint density at radius 2 is 1.03 bits per heavy atom. The zero-order valence-electron chi connectivity index (χ0n) is 29.5. The lowest BCUT2D eigenvalue weighted by atomic mass is 10.0. The Hall–Kier alpha value is -7.22. The minimum Gasteiger partial charge on any atom is -0.383 e. The van der Waals surface area contributed by atoms with Gasteiger partial charge in [-0.25, -0.2) is 19.9 Å². The molecule has 0 atom stereocenters. The van der Waals surface area contributed by atoms with Gasteiger partial charge in [-0.05, 0) is 41.0 Å². The Kier molecular flexibility index (Phi) is 10.8. The van der Waals surface area contributed by atoms with Crippen molar-refractivity contribution in [2.45, 2.75) is 25.4 Å². The number of nitrogens with two attached hydrogens (primary N) is 2. The molecule has 0 saturated carbocycles. The van der Waals surface area contributed by atoms with E-state index < -0.39 is 23.7 Å². The molecule has 7 heterocycles. The van der Waals surface area contributed by atoms with Crippen molar-refractivity contribution < 1.29 is 26.3 Å². The highest BCUT2D eigenvalue weighted by atomic mass is 35.5. The number of pyridine rings is 2. The van der Waals surface area contributed by atoms with Gasteiger partial charge in [0.25, 0.3) is 0 Å². The van der Waals surface area contributed by atoms with Gasteiger partial charge in [0.2, 0.25) is 0 Å². The Bertz CT molecular complexity index is 2620. The summed E-state index contributed by atoms with van der Waals surface area (Å²) in [5.74, 6) is 0.605. The van der Waals surface area contributed by atoms with Crippen LogP contribution < -0.4 is 11.5 Å². The van der Waals surface area contributed by atoms with Gasteiger partial charge in [-0.2, -0.15) is 41.6 Å². The zero-order chi connectivity index (χ0) is 41.0. The summed E-state index contributed by atoms with van der Waals surface area (Å²) < 4.78 is 79.0. The topological polar surface area (TPSA) is 194 Å². The molecule has 0 bridgehead atoms. The largest absolute Gasteiger partial charge is 0.433 e. The number of rotatable bonds is 8. The minimum atomic E-state index is -4.47. The number of benzene rings is 1. The van der Waals surface area contributed by atoms with Crippen molar-refractivity contribution in [1.29, 1.82) is 0 Å². The van der Waals surface area contributed by atoms with Crippen molar-refractivity contribution in [3.63, 3.8) is 0 Å². The molecule has 21 heteroatoms. The molecule has 0 amide bonds. The molecule has 0 aliphatic heterocycles. The number of nitrogens with one attached hydrogen (secondary N) is 1. The summed E-state index contributed by atoms with van der Waals surface area (Å²) >= 11 is 5.97. The second kappa shape index (κ2) is 16.1. The highest BCUT2D eigenvalue weighted by Gasteiger charge is 2.33. The minimum absolute atomic E-state index is 0.252. The molecule has 5 N–H and O–H groups in total. The van der Waals surface area contributed by atoms with E-state index in [9.17, 15) is 26.3 Å². The van der Waals surface area contributed by atoms with Gasteiger partial charge in [-0.1, -0.05) is 35.9 Å². The van der Waals surface area contributed by atoms with Crippen LogP contribution in [0.15, 0.2) is 111 Å². The van der Waals surface area contributed by atoms with Gasteiger partial charge in [0.05, 0.1) is 54.2 Å². The van der Waals surface area contributed by atoms with Crippen LogP contribution in [-0.4, -0.2) is 59.7 Å². The van der Waals surface area contributed by atoms with E-state index in [1.54, 1.807) is 58.7 Å². The first-order valence-electron chi connectivity index (χ1n) is 16.8. The first-order valence-corrected chi connectivity index (χ1v) is 17.2. The average molecular weight is 817 g/mol. The summed E-state index contributed by atoms with van der Waals surface area (Å²) in [6, 6.07) is 11.8. The molecule has 0 aliphatic rings. The number of nitrogen functional groups attached to an aromatic ring is 2. The molecule has 1 aromatic carbocycles. The van der Waals surface area contributed by atoms with E-state index in [1.165, 1.54) is 37.2 Å². The molecule has 0 spiro atoms. The van der Waals surface area contributed by atoms with E-state index in [-0.39, 0.29) is 13.1 Å². The van der Waals surface area contributed by atoms with Gasteiger partial charge in [0.15, 0.2) is 0 Å². The maximum atomic E-state index is 12.7. The Balaban J connectivity index is 0.000000177. The van der Waals surface area contributed by atoms with Crippen LogP contribution in [-0.2, 0) is 25.4 Å². The van der Waals surface area contributed by atoms with Crippen LogP contribution in [0.4, 0.5) is 38.0 Å². The van der Waals surface area contributed by atoms with Crippen molar-refractivity contribution >= 4 is 23.2 Å². The molecule has 0 radical (unpaired) electrons. The van der Waals surface area contributed by atoms with Crippen molar-refractivity contribution in [2.24, 2.45) is 0 Å². The molecule has 58 heavy (non-hydrogen) atoms. The van der Waals surface area contributed by atoms with Gasteiger partial charge in [-0.3, -0.25) is 24.4 Å². The number of hydrogen-bond acceptors (Lipinski definition) is 11. The summed E-state index contributed by atoms with van der Waals surface area (Å²) in [4.78, 5) is 23.7. The Morgan fingerprint density at radius 1 is 0.552 bits per heavy atom. The molecule has 14 nitrogen and oxygen atoms in total. The highest BCUT2D eigenvalue weighted by molar-refractivity contribution is 6.30. The number of aromatic amines is 1. The van der Waals surface area contributed by atoms with E-state index in [0.717, 1.165) is 23.3 Å². The molecule has 0 fully saturated rings.